The van der Waals surface area contributed by atoms with E-state index in [0.717, 1.165) is 21.6 Å². The molecule has 0 unspecified atom stereocenters. The van der Waals surface area contributed by atoms with Crippen LogP contribution in [0.25, 0.3) is 10.2 Å². The molecule has 0 aliphatic heterocycles. The molecule has 0 spiro atoms. The summed E-state index contributed by atoms with van der Waals surface area (Å²) in [4.78, 5) is 12.1. The molecule has 0 bridgehead atoms. The summed E-state index contributed by atoms with van der Waals surface area (Å²) in [6.07, 6.45) is 0. The van der Waals surface area contributed by atoms with Crippen molar-refractivity contribution < 1.29 is 8.42 Å². The molecule has 0 fully saturated rings. The van der Waals surface area contributed by atoms with Crippen LogP contribution in [0.2, 0.25) is 5.02 Å². The molecular formula is C16H15ClN2O3S2. The molecule has 5 nitrogen and oxygen atoms in total. The molecule has 0 saturated heterocycles. The molecule has 0 aliphatic carbocycles. The van der Waals surface area contributed by atoms with Crippen LogP contribution in [0.1, 0.15) is 19.9 Å². The molecule has 1 aromatic heterocycles. The lowest BCUT2D eigenvalue weighted by Gasteiger charge is -2.10. The van der Waals surface area contributed by atoms with Gasteiger partial charge < -0.3 is 0 Å². The van der Waals surface area contributed by atoms with Crippen molar-refractivity contribution in [3.63, 3.8) is 0 Å². The molecule has 1 heterocycles. The van der Waals surface area contributed by atoms with E-state index in [1.54, 1.807) is 34.9 Å². The lowest BCUT2D eigenvalue weighted by atomic mass is 10.3. The number of thiazole rings is 1. The van der Waals surface area contributed by atoms with Crippen molar-refractivity contribution in [2.45, 2.75) is 24.8 Å². The third-order valence-corrected chi connectivity index (χ3v) is 6.02. The van der Waals surface area contributed by atoms with Crippen molar-refractivity contribution in [2.75, 3.05) is 4.72 Å². The van der Waals surface area contributed by atoms with Gasteiger partial charge >= 0.3 is 4.87 Å². The Balaban J connectivity index is 2.00. The molecule has 0 aliphatic rings. The van der Waals surface area contributed by atoms with Crippen LogP contribution in [-0.4, -0.2) is 13.0 Å². The van der Waals surface area contributed by atoms with Gasteiger partial charge in [0, 0.05) is 11.1 Å². The SMILES string of the molecule is CC(C)n1c(=O)sc2cc(NS(=O)(=O)c3cccc(Cl)c3)ccc21. The minimum absolute atomic E-state index is 0.0419. The van der Waals surface area contributed by atoms with Gasteiger partial charge in [-0.2, -0.15) is 0 Å². The third kappa shape index (κ3) is 3.19. The average molecular weight is 383 g/mol. The number of hydrogen-bond acceptors (Lipinski definition) is 4. The summed E-state index contributed by atoms with van der Waals surface area (Å²) in [6, 6.07) is 11.2. The van der Waals surface area contributed by atoms with E-state index in [-0.39, 0.29) is 15.8 Å². The van der Waals surface area contributed by atoms with E-state index < -0.39 is 10.0 Å². The van der Waals surface area contributed by atoms with Gasteiger partial charge in [0.1, 0.15) is 0 Å². The number of nitrogens with zero attached hydrogens (tertiary/aromatic N) is 1. The number of hydrogen-bond donors (Lipinski definition) is 1. The number of anilines is 1. The summed E-state index contributed by atoms with van der Waals surface area (Å²) in [5.41, 5.74) is 1.20. The second-order valence-electron chi connectivity index (χ2n) is 5.58. The molecule has 0 amide bonds. The number of rotatable bonds is 4. The maximum absolute atomic E-state index is 12.4. The molecule has 126 valence electrons. The molecule has 3 rings (SSSR count). The normalized spacial score (nSPS) is 12.0. The molecular weight excluding hydrogens is 368 g/mol. The fourth-order valence-electron chi connectivity index (χ4n) is 2.44. The Morgan fingerprint density at radius 1 is 1.17 bits per heavy atom. The molecule has 1 N–H and O–H groups in total. The zero-order chi connectivity index (χ0) is 17.5. The molecule has 0 atom stereocenters. The lowest BCUT2D eigenvalue weighted by Crippen LogP contribution is -2.14. The van der Waals surface area contributed by atoms with Crippen molar-refractivity contribution in [1.29, 1.82) is 0 Å². The number of aromatic nitrogens is 1. The van der Waals surface area contributed by atoms with Crippen LogP contribution in [0.15, 0.2) is 52.2 Å². The van der Waals surface area contributed by atoms with Crippen molar-refractivity contribution in [1.82, 2.24) is 4.57 Å². The highest BCUT2D eigenvalue weighted by molar-refractivity contribution is 7.92. The van der Waals surface area contributed by atoms with Crippen molar-refractivity contribution in [3.8, 4) is 0 Å². The summed E-state index contributed by atoms with van der Waals surface area (Å²) in [6.45, 7) is 3.87. The second kappa shape index (κ2) is 6.23. The van der Waals surface area contributed by atoms with Gasteiger partial charge in [0.15, 0.2) is 0 Å². The fraction of sp³-hybridized carbons (Fsp3) is 0.188. The van der Waals surface area contributed by atoms with E-state index >= 15 is 0 Å². The first-order chi connectivity index (χ1) is 11.3. The number of sulfonamides is 1. The van der Waals surface area contributed by atoms with Gasteiger partial charge in [-0.05, 0) is 50.2 Å². The van der Waals surface area contributed by atoms with Crippen LogP contribution in [-0.2, 0) is 10.0 Å². The van der Waals surface area contributed by atoms with Gasteiger partial charge in [-0.1, -0.05) is 29.0 Å². The van der Waals surface area contributed by atoms with Gasteiger partial charge in [-0.3, -0.25) is 14.1 Å². The third-order valence-electron chi connectivity index (χ3n) is 3.49. The van der Waals surface area contributed by atoms with Gasteiger partial charge in [-0.15, -0.1) is 0 Å². The first kappa shape index (κ1) is 17.0. The lowest BCUT2D eigenvalue weighted by molar-refractivity contribution is 0.601. The molecule has 3 aromatic rings. The van der Waals surface area contributed by atoms with Crippen molar-refractivity contribution in [2.24, 2.45) is 0 Å². The van der Waals surface area contributed by atoms with E-state index in [1.165, 1.54) is 12.1 Å². The van der Waals surface area contributed by atoms with E-state index in [1.807, 2.05) is 13.8 Å². The summed E-state index contributed by atoms with van der Waals surface area (Å²) in [5, 5.41) is 0.348. The quantitative estimate of drug-likeness (QED) is 0.738. The smallest absolute Gasteiger partial charge is 0.296 e. The van der Waals surface area contributed by atoms with Crippen molar-refractivity contribution >= 4 is 48.9 Å². The number of nitrogens with one attached hydrogen (secondary N) is 1. The monoisotopic (exact) mass is 382 g/mol. The Labute approximate surface area is 148 Å². The molecule has 24 heavy (non-hydrogen) atoms. The first-order valence-corrected chi connectivity index (χ1v) is 9.89. The maximum atomic E-state index is 12.4. The predicted octanol–water partition coefficient (Wildman–Crippen LogP) is 4.10. The second-order valence-corrected chi connectivity index (χ2v) is 8.69. The summed E-state index contributed by atoms with van der Waals surface area (Å²) >= 11 is 6.95. The largest absolute Gasteiger partial charge is 0.308 e. The highest BCUT2D eigenvalue weighted by Crippen LogP contribution is 2.26. The minimum atomic E-state index is -3.74. The molecule has 8 heteroatoms. The summed E-state index contributed by atoms with van der Waals surface area (Å²) < 4.78 is 29.8. The zero-order valence-corrected chi connectivity index (χ0v) is 15.4. The van der Waals surface area contributed by atoms with E-state index in [4.69, 9.17) is 11.6 Å². The number of benzene rings is 2. The maximum Gasteiger partial charge on any atom is 0.308 e. The Hall–Kier alpha value is -1.83. The van der Waals surface area contributed by atoms with Gasteiger partial charge in [-0.25, -0.2) is 8.42 Å². The number of halogens is 1. The van der Waals surface area contributed by atoms with Crippen LogP contribution >= 0.6 is 22.9 Å². The van der Waals surface area contributed by atoms with Crippen LogP contribution in [0.5, 0.6) is 0 Å². The first-order valence-electron chi connectivity index (χ1n) is 7.21. The van der Waals surface area contributed by atoms with Crippen LogP contribution in [0, 0.1) is 0 Å². The van der Waals surface area contributed by atoms with Gasteiger partial charge in [0.2, 0.25) is 0 Å². The summed E-state index contributed by atoms with van der Waals surface area (Å²) in [7, 11) is -3.74. The van der Waals surface area contributed by atoms with E-state index in [2.05, 4.69) is 4.72 Å². The Bertz CT molecular complexity index is 1070. The Kier molecular flexibility index (Phi) is 4.42. The number of fused-ring (bicyclic) bond motifs is 1. The zero-order valence-electron chi connectivity index (χ0n) is 13.0. The van der Waals surface area contributed by atoms with Gasteiger partial charge in [0.05, 0.1) is 20.8 Å². The van der Waals surface area contributed by atoms with Crippen LogP contribution in [0.4, 0.5) is 5.69 Å². The topological polar surface area (TPSA) is 68.2 Å². The van der Waals surface area contributed by atoms with Crippen LogP contribution in [0.3, 0.4) is 0 Å². The van der Waals surface area contributed by atoms with Gasteiger partial charge in [0.25, 0.3) is 10.0 Å². The fourth-order valence-corrected chi connectivity index (χ4v) is 4.84. The minimum Gasteiger partial charge on any atom is -0.296 e. The predicted molar refractivity (Wildman–Crippen MR) is 98.7 cm³/mol. The highest BCUT2D eigenvalue weighted by atomic mass is 35.5. The van der Waals surface area contributed by atoms with E-state index in [0.29, 0.717) is 10.7 Å². The van der Waals surface area contributed by atoms with Crippen molar-refractivity contribution in [3.05, 3.63) is 57.2 Å². The average Bonchev–Trinajstić information content (AvgIpc) is 2.82. The molecule has 2 aromatic carbocycles. The highest BCUT2D eigenvalue weighted by Gasteiger charge is 2.16. The standard InChI is InChI=1S/C16H15ClN2O3S2/c1-10(2)19-14-7-6-12(9-15(14)23-16(19)20)18-24(21,22)13-5-3-4-11(17)8-13/h3-10,18H,1-2H3. The Morgan fingerprint density at radius 2 is 1.92 bits per heavy atom. The van der Waals surface area contributed by atoms with Crippen LogP contribution < -0.4 is 9.60 Å². The summed E-state index contributed by atoms with van der Waals surface area (Å²) in [5.74, 6) is 0. The molecule has 0 saturated carbocycles. The van der Waals surface area contributed by atoms with E-state index in [9.17, 15) is 13.2 Å². The molecule has 0 radical (unpaired) electrons. The Morgan fingerprint density at radius 3 is 2.58 bits per heavy atom.